The Morgan fingerprint density at radius 2 is 1.83 bits per heavy atom. The van der Waals surface area contributed by atoms with Gasteiger partial charge in [0.1, 0.15) is 10.7 Å². The summed E-state index contributed by atoms with van der Waals surface area (Å²) in [4.78, 5) is 4.42. The first-order valence-corrected chi connectivity index (χ1v) is 11.0. The summed E-state index contributed by atoms with van der Waals surface area (Å²) >= 11 is 12.1. The van der Waals surface area contributed by atoms with E-state index in [0.717, 1.165) is 47.0 Å². The van der Waals surface area contributed by atoms with Crippen LogP contribution in [0.4, 0.5) is 10.1 Å². The number of hydrogen-bond acceptors (Lipinski definition) is 3. The molecule has 0 aliphatic carbocycles. The smallest absolute Gasteiger partial charge is 0.263 e. The van der Waals surface area contributed by atoms with E-state index in [1.54, 1.807) is 18.2 Å². The molecule has 0 atom stereocenters. The van der Waals surface area contributed by atoms with Gasteiger partial charge in [-0.3, -0.25) is 9.71 Å². The van der Waals surface area contributed by atoms with Crippen molar-refractivity contribution >= 4 is 44.6 Å². The number of hydrogen-bond donors (Lipinski definition) is 1. The van der Waals surface area contributed by atoms with Crippen molar-refractivity contribution in [2.45, 2.75) is 11.3 Å². The second kappa shape index (κ2) is 7.78. The van der Waals surface area contributed by atoms with Crippen LogP contribution in [0.3, 0.4) is 0 Å². The molecule has 0 saturated heterocycles. The van der Waals surface area contributed by atoms with Crippen molar-refractivity contribution in [3.8, 4) is 0 Å². The third kappa shape index (κ3) is 4.15. The van der Waals surface area contributed by atoms with Crippen LogP contribution in [0.25, 0.3) is 0 Å². The van der Waals surface area contributed by atoms with Crippen molar-refractivity contribution < 1.29 is 12.8 Å². The van der Waals surface area contributed by atoms with E-state index in [2.05, 4.69) is 9.71 Å². The number of halogens is 3. The van der Waals surface area contributed by atoms with Crippen molar-refractivity contribution in [2.24, 2.45) is 4.99 Å². The highest BCUT2D eigenvalue weighted by atomic mass is 35.5. The Morgan fingerprint density at radius 1 is 1.00 bits per heavy atom. The fourth-order valence-corrected chi connectivity index (χ4v) is 4.99. The van der Waals surface area contributed by atoms with Crippen LogP contribution in [0.1, 0.15) is 16.7 Å². The molecule has 0 amide bonds. The second-order valence-electron chi connectivity index (χ2n) is 6.54. The first-order valence-electron chi connectivity index (χ1n) is 8.75. The lowest BCUT2D eigenvalue weighted by Gasteiger charge is -2.18. The molecular formula is C21H15Cl2FN2O2S. The van der Waals surface area contributed by atoms with Gasteiger partial charge in [-0.2, -0.15) is 0 Å². The first-order chi connectivity index (χ1) is 13.8. The zero-order valence-corrected chi connectivity index (χ0v) is 17.3. The van der Waals surface area contributed by atoms with E-state index in [0.29, 0.717) is 17.3 Å². The fourth-order valence-electron chi connectivity index (χ4n) is 3.24. The van der Waals surface area contributed by atoms with E-state index in [9.17, 15) is 12.8 Å². The fraction of sp³-hybridized carbons (Fsp3) is 0.0952. The highest BCUT2D eigenvalue weighted by Crippen LogP contribution is 2.27. The summed E-state index contributed by atoms with van der Waals surface area (Å²) in [5.74, 6) is -0.608. The van der Waals surface area contributed by atoms with Gasteiger partial charge in [-0.25, -0.2) is 12.8 Å². The van der Waals surface area contributed by atoms with Crippen molar-refractivity contribution in [1.82, 2.24) is 0 Å². The van der Waals surface area contributed by atoms with Crippen molar-refractivity contribution in [3.63, 3.8) is 0 Å². The normalized spacial score (nSPS) is 13.6. The number of nitrogens with one attached hydrogen (secondary N) is 1. The predicted octanol–water partition coefficient (Wildman–Crippen LogP) is 5.33. The Balaban J connectivity index is 1.68. The summed E-state index contributed by atoms with van der Waals surface area (Å²) in [7, 11) is -3.99. The van der Waals surface area contributed by atoms with Gasteiger partial charge in [0.25, 0.3) is 10.0 Å². The third-order valence-electron chi connectivity index (χ3n) is 4.55. The van der Waals surface area contributed by atoms with E-state index >= 15 is 0 Å². The molecule has 0 radical (unpaired) electrons. The summed E-state index contributed by atoms with van der Waals surface area (Å²) in [6.07, 6.45) is 0.825. The van der Waals surface area contributed by atoms with Crippen LogP contribution in [0.2, 0.25) is 10.0 Å². The standard InChI is InChI=1S/C21H15Cl2FN2O2S/c22-15-5-4-13-8-9-25-21(18(13)11-15)14-2-1-3-17(10-14)26-29(27,28)20-7-6-16(24)12-19(20)23/h1-7,10-12,26H,8-9H2. The summed E-state index contributed by atoms with van der Waals surface area (Å²) in [5.41, 5.74) is 3.95. The molecule has 1 heterocycles. The van der Waals surface area contributed by atoms with Gasteiger partial charge in [-0.05, 0) is 54.4 Å². The zero-order chi connectivity index (χ0) is 20.6. The Morgan fingerprint density at radius 3 is 2.62 bits per heavy atom. The van der Waals surface area contributed by atoms with Crippen LogP contribution >= 0.6 is 23.2 Å². The van der Waals surface area contributed by atoms with Gasteiger partial charge in [0, 0.05) is 28.4 Å². The molecule has 0 aromatic heterocycles. The molecule has 3 aromatic carbocycles. The Hall–Kier alpha value is -2.41. The van der Waals surface area contributed by atoms with E-state index < -0.39 is 15.8 Å². The van der Waals surface area contributed by atoms with Crippen LogP contribution in [-0.2, 0) is 16.4 Å². The molecule has 0 bridgehead atoms. The molecule has 8 heteroatoms. The molecular weight excluding hydrogens is 434 g/mol. The highest BCUT2D eigenvalue weighted by molar-refractivity contribution is 7.92. The van der Waals surface area contributed by atoms with Crippen LogP contribution in [0, 0.1) is 5.82 Å². The lowest BCUT2D eigenvalue weighted by molar-refractivity contribution is 0.600. The molecule has 4 nitrogen and oxygen atoms in total. The minimum atomic E-state index is -3.99. The van der Waals surface area contributed by atoms with Gasteiger partial charge in [-0.1, -0.05) is 41.4 Å². The number of rotatable bonds is 4. The lowest BCUT2D eigenvalue weighted by atomic mass is 9.93. The molecule has 4 rings (SSSR count). The van der Waals surface area contributed by atoms with Gasteiger partial charge in [0.05, 0.1) is 10.7 Å². The number of sulfonamides is 1. The summed E-state index contributed by atoms with van der Waals surface area (Å²) in [6.45, 7) is 0.644. The maximum Gasteiger partial charge on any atom is 0.263 e. The maximum absolute atomic E-state index is 13.2. The average molecular weight is 449 g/mol. The molecule has 1 aliphatic rings. The molecule has 0 spiro atoms. The van der Waals surface area contributed by atoms with Gasteiger partial charge < -0.3 is 0 Å². The topological polar surface area (TPSA) is 58.5 Å². The lowest BCUT2D eigenvalue weighted by Crippen LogP contribution is -2.16. The van der Waals surface area contributed by atoms with Gasteiger partial charge in [-0.15, -0.1) is 0 Å². The molecule has 1 N–H and O–H groups in total. The van der Waals surface area contributed by atoms with Crippen molar-refractivity contribution in [1.29, 1.82) is 0 Å². The van der Waals surface area contributed by atoms with Crippen molar-refractivity contribution in [2.75, 3.05) is 11.3 Å². The largest absolute Gasteiger partial charge is 0.284 e. The van der Waals surface area contributed by atoms with E-state index in [4.69, 9.17) is 23.2 Å². The van der Waals surface area contributed by atoms with E-state index in [1.807, 2.05) is 24.3 Å². The van der Waals surface area contributed by atoms with Crippen LogP contribution in [-0.4, -0.2) is 20.7 Å². The molecule has 0 saturated carbocycles. The highest BCUT2D eigenvalue weighted by Gasteiger charge is 2.20. The van der Waals surface area contributed by atoms with Crippen LogP contribution in [0.5, 0.6) is 0 Å². The minimum absolute atomic E-state index is 0.186. The minimum Gasteiger partial charge on any atom is -0.284 e. The van der Waals surface area contributed by atoms with E-state index in [-0.39, 0.29) is 9.92 Å². The molecule has 0 fully saturated rings. The van der Waals surface area contributed by atoms with Crippen LogP contribution in [0.15, 0.2) is 70.6 Å². The van der Waals surface area contributed by atoms with Gasteiger partial charge in [0.2, 0.25) is 0 Å². The number of aliphatic imine (C=N–C) groups is 1. The maximum atomic E-state index is 13.2. The van der Waals surface area contributed by atoms with Crippen molar-refractivity contribution in [3.05, 3.63) is 93.2 Å². The molecule has 29 heavy (non-hydrogen) atoms. The number of benzene rings is 3. The quantitative estimate of drug-likeness (QED) is 0.586. The molecule has 148 valence electrons. The predicted molar refractivity (Wildman–Crippen MR) is 114 cm³/mol. The number of fused-ring (bicyclic) bond motifs is 1. The Bertz CT molecular complexity index is 1240. The summed E-state index contributed by atoms with van der Waals surface area (Å²) in [6, 6.07) is 15.8. The molecule has 1 aliphatic heterocycles. The van der Waals surface area contributed by atoms with Gasteiger partial charge >= 0.3 is 0 Å². The van der Waals surface area contributed by atoms with Gasteiger partial charge in [0.15, 0.2) is 0 Å². The first kappa shape index (κ1) is 19.9. The second-order valence-corrected chi connectivity index (χ2v) is 9.04. The van der Waals surface area contributed by atoms with E-state index in [1.165, 1.54) is 0 Å². The Labute approximate surface area is 178 Å². The Kier molecular flexibility index (Phi) is 5.34. The summed E-state index contributed by atoms with van der Waals surface area (Å²) < 4.78 is 41.1. The summed E-state index contributed by atoms with van der Waals surface area (Å²) in [5, 5.41) is 0.426. The average Bonchev–Trinajstić information content (AvgIpc) is 2.67. The third-order valence-corrected chi connectivity index (χ3v) is 6.65. The monoisotopic (exact) mass is 448 g/mol. The molecule has 0 unspecified atom stereocenters. The zero-order valence-electron chi connectivity index (χ0n) is 15.0. The number of nitrogens with zero attached hydrogens (tertiary/aromatic N) is 1. The SMILES string of the molecule is O=S(=O)(Nc1cccc(C2=NCCc3ccc(Cl)cc32)c1)c1ccc(F)cc1Cl. The number of anilines is 1. The molecule has 3 aromatic rings. The van der Waals surface area contributed by atoms with Crippen LogP contribution < -0.4 is 4.72 Å².